The maximum absolute atomic E-state index is 7.38. The van der Waals surface area contributed by atoms with Crippen LogP contribution >= 0.6 is 0 Å². The number of rotatable bonds is 0. The zero-order valence-electron chi connectivity index (χ0n) is 2.64. The Morgan fingerprint density at radius 1 is 0.857 bits per heavy atom. The van der Waals surface area contributed by atoms with Crippen LogP contribution in [0.4, 0.5) is 0 Å². The van der Waals surface area contributed by atoms with Crippen LogP contribution in [0.25, 0.3) is 0 Å². The summed E-state index contributed by atoms with van der Waals surface area (Å²) >= 11 is -5.00. The van der Waals surface area contributed by atoms with Crippen molar-refractivity contribution in [1.29, 1.82) is 0 Å². The molecule has 0 amide bonds. The SMILES string of the molecule is [AlH3].[Fe].[OH][Ti]([OH])([OH])[OH]. The first kappa shape index (κ1) is 15.8. The van der Waals surface area contributed by atoms with E-state index >= 15 is 0 Å². The number of hydrogen-bond acceptors (Lipinski definition) is 4. The third-order valence-corrected chi connectivity index (χ3v) is 0. The summed E-state index contributed by atoms with van der Waals surface area (Å²) in [4.78, 5) is 0. The van der Waals surface area contributed by atoms with Crippen molar-refractivity contribution >= 4 is 17.4 Å². The molecule has 0 aromatic heterocycles. The second-order valence-corrected chi connectivity index (χ2v) is 2.47. The molecule has 0 atom stereocenters. The Hall–Kier alpha value is 1.61. The zero-order chi connectivity index (χ0) is 4.50. The van der Waals surface area contributed by atoms with E-state index in [1.54, 1.807) is 0 Å². The van der Waals surface area contributed by atoms with Crippen molar-refractivity contribution in [2.75, 3.05) is 0 Å². The van der Waals surface area contributed by atoms with E-state index in [1.807, 2.05) is 0 Å². The molecular weight excluding hydrogens is 195 g/mol. The molecule has 0 bridgehead atoms. The Morgan fingerprint density at radius 2 is 0.857 bits per heavy atom. The van der Waals surface area contributed by atoms with Gasteiger partial charge in [0.15, 0.2) is 17.4 Å². The van der Waals surface area contributed by atoms with Gasteiger partial charge >= 0.3 is 32.9 Å². The average molecular weight is 202 g/mol. The minimum absolute atomic E-state index is 0. The van der Waals surface area contributed by atoms with Crippen LogP contribution in [0, 0.1) is 0 Å². The first-order valence-electron chi connectivity index (χ1n) is 0.894. The summed E-state index contributed by atoms with van der Waals surface area (Å²) < 4.78 is 29.5. The van der Waals surface area contributed by atoms with Crippen LogP contribution in [0.5, 0.6) is 0 Å². The molecule has 0 saturated carbocycles. The summed E-state index contributed by atoms with van der Waals surface area (Å²) in [5.74, 6) is 0. The van der Waals surface area contributed by atoms with E-state index in [-0.39, 0.29) is 34.4 Å². The maximum atomic E-state index is 7.38. The van der Waals surface area contributed by atoms with Crippen LogP contribution in [-0.4, -0.2) is 32.1 Å². The van der Waals surface area contributed by atoms with Gasteiger partial charge in [-0.3, -0.25) is 0 Å². The van der Waals surface area contributed by atoms with Gasteiger partial charge in [0, 0.05) is 17.1 Å². The summed E-state index contributed by atoms with van der Waals surface area (Å²) in [7, 11) is 0. The summed E-state index contributed by atoms with van der Waals surface area (Å²) in [6.45, 7) is 0. The van der Waals surface area contributed by atoms with E-state index in [0.29, 0.717) is 0 Å². The molecule has 4 nitrogen and oxygen atoms in total. The first-order chi connectivity index (χ1) is 2.00. The predicted molar refractivity (Wildman–Crippen MR) is 18.8 cm³/mol. The van der Waals surface area contributed by atoms with Gasteiger partial charge in [-0.25, -0.2) is 0 Å². The first-order valence-corrected chi connectivity index (χ1v) is 3.69. The molecule has 0 saturated heterocycles. The van der Waals surface area contributed by atoms with Crippen LogP contribution in [0.1, 0.15) is 0 Å². The standard InChI is InChI=1S/Al.Fe.4H2O.Ti.3H/h;;4*1H2;;;;/q;;;;;;+4;;;/p-4. The van der Waals surface area contributed by atoms with Gasteiger partial charge in [0.05, 0.1) is 0 Å². The van der Waals surface area contributed by atoms with Gasteiger partial charge in [-0.05, 0) is 0 Å². The molecule has 0 spiro atoms. The third kappa shape index (κ3) is 92.7. The zero-order valence-corrected chi connectivity index (χ0v) is 5.31. The van der Waals surface area contributed by atoms with Crippen LogP contribution in [0.2, 0.25) is 0 Å². The van der Waals surface area contributed by atoms with Crippen molar-refractivity contribution in [3.63, 3.8) is 0 Å². The summed E-state index contributed by atoms with van der Waals surface area (Å²) in [5.41, 5.74) is 0. The molecule has 0 unspecified atom stereocenters. The predicted octanol–water partition coefficient (Wildman–Crippen LogP) is -3.42. The Kier molecular flexibility index (Phi) is 13.0. The molecule has 7 heteroatoms. The van der Waals surface area contributed by atoms with E-state index in [4.69, 9.17) is 14.8 Å². The van der Waals surface area contributed by atoms with E-state index in [0.717, 1.165) is 0 Å². The molecule has 46 valence electrons. The average Bonchev–Trinajstić information content (AvgIpc) is 0.722. The fourth-order valence-electron chi connectivity index (χ4n) is 0. The fraction of sp³-hybridized carbons (Fsp3) is 0. The topological polar surface area (TPSA) is 80.9 Å². The molecule has 0 aliphatic carbocycles. The second kappa shape index (κ2) is 5.74. The van der Waals surface area contributed by atoms with Gasteiger partial charge < -0.3 is 0 Å². The van der Waals surface area contributed by atoms with Crippen molar-refractivity contribution in [2.24, 2.45) is 0 Å². The van der Waals surface area contributed by atoms with Gasteiger partial charge in [0.25, 0.3) is 0 Å². The molecule has 0 aromatic rings. The van der Waals surface area contributed by atoms with E-state index < -0.39 is 18.1 Å². The normalized spacial score (nSPS) is 8.57. The van der Waals surface area contributed by atoms with E-state index in [2.05, 4.69) is 0 Å². The van der Waals surface area contributed by atoms with Crippen molar-refractivity contribution in [2.45, 2.75) is 0 Å². The summed E-state index contributed by atoms with van der Waals surface area (Å²) in [6.07, 6.45) is 0. The Morgan fingerprint density at radius 3 is 0.857 bits per heavy atom. The van der Waals surface area contributed by atoms with E-state index in [9.17, 15) is 0 Å². The van der Waals surface area contributed by atoms with Crippen molar-refractivity contribution in [1.82, 2.24) is 0 Å². The molecule has 4 N–H and O–H groups in total. The van der Waals surface area contributed by atoms with Crippen LogP contribution in [0.15, 0.2) is 0 Å². The molecule has 0 radical (unpaired) electrons. The molecule has 0 rings (SSSR count). The van der Waals surface area contributed by atoms with E-state index in [1.165, 1.54) is 0 Å². The van der Waals surface area contributed by atoms with Crippen molar-refractivity contribution in [3.8, 4) is 0 Å². The fourth-order valence-corrected chi connectivity index (χ4v) is 0. The van der Waals surface area contributed by atoms with Gasteiger partial charge in [-0.15, -0.1) is 0 Å². The monoisotopic (exact) mass is 202 g/mol. The Labute approximate surface area is 67.0 Å². The van der Waals surface area contributed by atoms with Gasteiger partial charge in [0.1, 0.15) is 0 Å². The van der Waals surface area contributed by atoms with Crippen LogP contribution in [-0.2, 0) is 35.2 Å². The molecule has 0 aliphatic heterocycles. The van der Waals surface area contributed by atoms with Gasteiger partial charge in [-0.1, -0.05) is 0 Å². The Balaban J connectivity index is -0.0000000800. The molecule has 0 heterocycles. The summed E-state index contributed by atoms with van der Waals surface area (Å²) in [6, 6.07) is 0. The van der Waals surface area contributed by atoms with Crippen LogP contribution in [0.3, 0.4) is 0 Å². The van der Waals surface area contributed by atoms with Gasteiger partial charge in [0.2, 0.25) is 0 Å². The summed E-state index contributed by atoms with van der Waals surface area (Å²) in [5, 5.41) is 0. The van der Waals surface area contributed by atoms with Gasteiger partial charge in [-0.2, -0.15) is 0 Å². The van der Waals surface area contributed by atoms with Crippen LogP contribution < -0.4 is 0 Å². The second-order valence-electron chi connectivity index (χ2n) is 0.600. The van der Waals surface area contributed by atoms with Crippen molar-refractivity contribution in [3.05, 3.63) is 0 Å². The molecule has 0 aromatic carbocycles. The molecule has 0 aliphatic rings. The van der Waals surface area contributed by atoms with Crippen molar-refractivity contribution < 1.29 is 50.0 Å². The molecule has 0 fully saturated rings. The number of hydrogen-bond donors (Lipinski definition) is 4. The Bertz CT molecular complexity index is 27.2. The third-order valence-electron chi connectivity index (χ3n) is 0. The molecular formula is H7AlFeO4Ti. The molecule has 7 heavy (non-hydrogen) atoms. The quantitative estimate of drug-likeness (QED) is 0.308. The minimum atomic E-state index is -5.00.